The van der Waals surface area contributed by atoms with Gasteiger partial charge in [-0.05, 0) is 29.8 Å². The Labute approximate surface area is 155 Å². The molecule has 4 rings (SSSR count). The van der Waals surface area contributed by atoms with Crippen LogP contribution in [0.2, 0.25) is 0 Å². The zero-order valence-electron chi connectivity index (χ0n) is 14.0. The van der Waals surface area contributed by atoms with Gasteiger partial charge in [0, 0.05) is 11.4 Å². The average molecular weight is 367 g/mol. The maximum atomic E-state index is 12.5. The molecule has 26 heavy (non-hydrogen) atoms. The average Bonchev–Trinajstić information content (AvgIpc) is 3.15. The van der Waals surface area contributed by atoms with E-state index in [2.05, 4.69) is 20.6 Å². The first-order valence-electron chi connectivity index (χ1n) is 8.40. The summed E-state index contributed by atoms with van der Waals surface area (Å²) in [6.07, 6.45) is 1.66. The van der Waals surface area contributed by atoms with Crippen LogP contribution in [0.15, 0.2) is 59.8 Å². The topological polar surface area (TPSA) is 79.0 Å². The number of aromatic amines is 1. The lowest BCUT2D eigenvalue weighted by Crippen LogP contribution is -2.52. The predicted molar refractivity (Wildman–Crippen MR) is 101 cm³/mol. The number of benzene rings is 2. The van der Waals surface area contributed by atoms with E-state index in [1.807, 2.05) is 48.5 Å². The van der Waals surface area contributed by atoms with Crippen LogP contribution in [-0.2, 0) is 16.1 Å². The highest BCUT2D eigenvalue weighted by molar-refractivity contribution is 8.00. The molecule has 0 aliphatic carbocycles. The number of rotatable bonds is 5. The van der Waals surface area contributed by atoms with E-state index in [1.54, 1.807) is 24.7 Å². The second kappa shape index (κ2) is 7.90. The molecule has 1 saturated heterocycles. The summed E-state index contributed by atoms with van der Waals surface area (Å²) in [5.41, 5.74) is 2.89. The number of hydrogen-bond acceptors (Lipinski definition) is 5. The monoisotopic (exact) mass is 367 g/mol. The van der Waals surface area contributed by atoms with Gasteiger partial charge in [-0.2, -0.15) is 0 Å². The Hall–Kier alpha value is -2.35. The van der Waals surface area contributed by atoms with Crippen LogP contribution in [-0.4, -0.2) is 33.9 Å². The van der Waals surface area contributed by atoms with Crippen molar-refractivity contribution in [1.29, 1.82) is 0 Å². The molecule has 7 heteroatoms. The molecule has 0 spiro atoms. The number of thioether (sulfide) groups is 1. The molecule has 1 aliphatic rings. The molecule has 2 atom stereocenters. The highest BCUT2D eigenvalue weighted by Gasteiger charge is 2.28. The predicted octanol–water partition coefficient (Wildman–Crippen LogP) is 2.45. The second-order valence-corrected chi connectivity index (χ2v) is 7.28. The smallest absolute Gasteiger partial charge is 0.240 e. The first-order valence-corrected chi connectivity index (χ1v) is 9.28. The Bertz CT molecular complexity index is 883. The summed E-state index contributed by atoms with van der Waals surface area (Å²) in [5, 5.41) is 6.30. The lowest BCUT2D eigenvalue weighted by molar-refractivity contribution is -0.124. The lowest BCUT2D eigenvalue weighted by Gasteiger charge is -2.29. The standard InChI is InChI=1S/C19H19N4O2S/c24-19(20-9-13-6-7-15-16(8-13)22-12-21-15)17-10-25-11-18(23-17)26-14-4-2-1-3-5-14/h1-8,10,12,17-18,23H,9,11H2,(H,20,24)(H,21,22)/t17-,18?/m1/s1. The van der Waals surface area contributed by atoms with Gasteiger partial charge in [-0.25, -0.2) is 4.98 Å². The minimum atomic E-state index is -0.471. The maximum absolute atomic E-state index is 12.5. The molecule has 0 saturated carbocycles. The number of carbonyl (C=O) groups excluding carboxylic acids is 1. The molecule has 3 aromatic rings. The van der Waals surface area contributed by atoms with Gasteiger partial charge in [0.15, 0.2) is 0 Å². The zero-order valence-corrected chi connectivity index (χ0v) is 14.8. The van der Waals surface area contributed by atoms with Crippen molar-refractivity contribution >= 4 is 28.7 Å². The normalized spacial score (nSPS) is 20.2. The molecule has 1 aromatic heterocycles. The van der Waals surface area contributed by atoms with Crippen LogP contribution in [0.25, 0.3) is 11.0 Å². The van der Waals surface area contributed by atoms with E-state index >= 15 is 0 Å². The van der Waals surface area contributed by atoms with E-state index in [0.717, 1.165) is 21.5 Å². The number of morpholine rings is 1. The quantitative estimate of drug-likeness (QED) is 0.646. The van der Waals surface area contributed by atoms with Crippen molar-refractivity contribution in [2.24, 2.45) is 0 Å². The summed E-state index contributed by atoms with van der Waals surface area (Å²) >= 11 is 1.66. The minimum Gasteiger partial charge on any atom is -0.371 e. The van der Waals surface area contributed by atoms with E-state index in [0.29, 0.717) is 13.2 Å². The van der Waals surface area contributed by atoms with E-state index in [9.17, 15) is 4.79 Å². The number of carbonyl (C=O) groups is 1. The van der Waals surface area contributed by atoms with Crippen molar-refractivity contribution in [3.8, 4) is 0 Å². The first-order chi connectivity index (χ1) is 12.8. The van der Waals surface area contributed by atoms with Crippen LogP contribution >= 0.6 is 11.8 Å². The first kappa shape index (κ1) is 17.1. The van der Waals surface area contributed by atoms with Crippen molar-refractivity contribution in [3.63, 3.8) is 0 Å². The fourth-order valence-electron chi connectivity index (χ4n) is 2.79. The van der Waals surface area contributed by atoms with Gasteiger partial charge in [0.2, 0.25) is 5.91 Å². The Balaban J connectivity index is 1.32. The molecule has 3 N–H and O–H groups in total. The van der Waals surface area contributed by atoms with Crippen molar-refractivity contribution in [3.05, 3.63) is 67.0 Å². The molecule has 1 unspecified atom stereocenters. The van der Waals surface area contributed by atoms with Gasteiger partial charge < -0.3 is 15.0 Å². The summed E-state index contributed by atoms with van der Waals surface area (Å²) in [5.74, 6) is -0.104. The van der Waals surface area contributed by atoms with E-state index in [1.165, 1.54) is 0 Å². The maximum Gasteiger partial charge on any atom is 0.240 e. The van der Waals surface area contributed by atoms with Crippen molar-refractivity contribution < 1.29 is 9.53 Å². The molecule has 133 valence electrons. The number of amides is 1. The van der Waals surface area contributed by atoms with Crippen molar-refractivity contribution in [2.45, 2.75) is 22.9 Å². The van der Waals surface area contributed by atoms with E-state index in [-0.39, 0.29) is 11.3 Å². The van der Waals surface area contributed by atoms with Gasteiger partial charge in [-0.1, -0.05) is 24.3 Å². The van der Waals surface area contributed by atoms with Crippen LogP contribution in [0, 0.1) is 6.61 Å². The summed E-state index contributed by atoms with van der Waals surface area (Å²) in [7, 11) is 0. The third-order valence-electron chi connectivity index (χ3n) is 4.10. The number of imidazole rings is 1. The van der Waals surface area contributed by atoms with Gasteiger partial charge in [0.1, 0.15) is 12.6 Å². The Kier molecular flexibility index (Phi) is 5.19. The van der Waals surface area contributed by atoms with Gasteiger partial charge >= 0.3 is 0 Å². The number of nitrogens with one attached hydrogen (secondary N) is 3. The number of fused-ring (bicyclic) bond motifs is 1. The van der Waals surface area contributed by atoms with Crippen LogP contribution in [0.5, 0.6) is 0 Å². The second-order valence-electron chi connectivity index (χ2n) is 6.01. The number of ether oxygens (including phenoxy) is 1. The summed E-state index contributed by atoms with van der Waals surface area (Å²) in [6, 6.07) is 15.5. The molecule has 1 fully saturated rings. The molecule has 2 heterocycles. The summed E-state index contributed by atoms with van der Waals surface area (Å²) in [6.45, 7) is 2.55. The van der Waals surface area contributed by atoms with Gasteiger partial charge in [-0.3, -0.25) is 10.1 Å². The van der Waals surface area contributed by atoms with Crippen LogP contribution in [0.4, 0.5) is 0 Å². The van der Waals surface area contributed by atoms with E-state index in [4.69, 9.17) is 4.74 Å². The van der Waals surface area contributed by atoms with Crippen molar-refractivity contribution in [1.82, 2.24) is 20.6 Å². The third-order valence-corrected chi connectivity index (χ3v) is 5.20. The molecular formula is C19H19N4O2S. The highest BCUT2D eigenvalue weighted by atomic mass is 32.2. The number of nitrogens with zero attached hydrogens (tertiary/aromatic N) is 1. The number of hydrogen-bond donors (Lipinski definition) is 3. The molecule has 1 aliphatic heterocycles. The zero-order chi connectivity index (χ0) is 17.8. The SMILES string of the molecule is O=C(NCc1ccc2nc[nH]c2c1)[C@H]1[CH]OCC(Sc2ccccc2)N1. The molecule has 6 nitrogen and oxygen atoms in total. The summed E-state index contributed by atoms with van der Waals surface area (Å²) in [4.78, 5) is 20.9. The lowest BCUT2D eigenvalue weighted by atomic mass is 10.2. The van der Waals surface area contributed by atoms with Gasteiger partial charge in [-0.15, -0.1) is 11.8 Å². The Morgan fingerprint density at radius 3 is 3.04 bits per heavy atom. The largest absolute Gasteiger partial charge is 0.371 e. The number of aromatic nitrogens is 2. The van der Waals surface area contributed by atoms with Crippen molar-refractivity contribution in [2.75, 3.05) is 6.61 Å². The molecule has 1 radical (unpaired) electrons. The fourth-order valence-corrected chi connectivity index (χ4v) is 3.79. The van der Waals surface area contributed by atoms with Gasteiger partial charge in [0.05, 0.1) is 29.3 Å². The van der Waals surface area contributed by atoms with Crippen LogP contribution in [0.1, 0.15) is 5.56 Å². The Morgan fingerprint density at radius 1 is 1.27 bits per heavy atom. The fraction of sp³-hybridized carbons (Fsp3) is 0.211. The summed E-state index contributed by atoms with van der Waals surface area (Å²) < 4.78 is 5.50. The van der Waals surface area contributed by atoms with Gasteiger partial charge in [0.25, 0.3) is 0 Å². The highest BCUT2D eigenvalue weighted by Crippen LogP contribution is 2.24. The number of H-pyrrole nitrogens is 1. The van der Waals surface area contributed by atoms with E-state index < -0.39 is 6.04 Å². The molecule has 0 bridgehead atoms. The molecular weight excluding hydrogens is 348 g/mol. The van der Waals surface area contributed by atoms with Crippen LogP contribution < -0.4 is 10.6 Å². The molecule has 1 amide bonds. The van der Waals surface area contributed by atoms with Crippen LogP contribution in [0.3, 0.4) is 0 Å². The third kappa shape index (κ3) is 4.07. The Morgan fingerprint density at radius 2 is 2.15 bits per heavy atom. The molecule has 2 aromatic carbocycles. The minimum absolute atomic E-state index is 0.0273.